The van der Waals surface area contributed by atoms with Crippen LogP contribution in [0.3, 0.4) is 0 Å². The zero-order chi connectivity index (χ0) is 23.1. The van der Waals surface area contributed by atoms with E-state index >= 15 is 0 Å². The van der Waals surface area contributed by atoms with E-state index in [1.807, 2.05) is 6.92 Å². The number of methoxy groups -OCH3 is 1. The maximum absolute atomic E-state index is 12.3. The topological polar surface area (TPSA) is 92.7 Å². The Morgan fingerprint density at radius 3 is 2.23 bits per heavy atom. The quantitative estimate of drug-likeness (QED) is 0.130. The number of hydrogen-bond acceptors (Lipinski definition) is 8. The van der Waals surface area contributed by atoms with Gasteiger partial charge in [0.05, 0.1) is 52.4 Å². The number of ether oxygens (including phenoxy) is 6. The molecule has 0 spiro atoms. The third kappa shape index (κ3) is 10.5. The third-order valence-electron chi connectivity index (χ3n) is 5.79. The predicted molar refractivity (Wildman–Crippen MR) is 120 cm³/mol. The average Bonchev–Trinajstić information content (AvgIpc) is 3.06. The summed E-state index contributed by atoms with van der Waals surface area (Å²) in [7, 11) is 1.68. The monoisotopic (exact) mass is 512 g/mol. The number of carbonyl (C=O) groups excluding carboxylic acids is 1. The van der Waals surface area contributed by atoms with Crippen LogP contribution in [0.15, 0.2) is 0 Å². The summed E-state index contributed by atoms with van der Waals surface area (Å²) in [6.07, 6.45) is 2.98. The van der Waals surface area contributed by atoms with E-state index in [2.05, 4.69) is 29.8 Å². The molecule has 0 radical (unpaired) electrons. The Labute approximate surface area is 195 Å². The van der Waals surface area contributed by atoms with Crippen molar-refractivity contribution in [1.82, 2.24) is 0 Å². The van der Waals surface area contributed by atoms with Crippen molar-refractivity contribution in [2.45, 2.75) is 63.2 Å². The summed E-state index contributed by atoms with van der Waals surface area (Å²) >= 11 is 3.66. The van der Waals surface area contributed by atoms with E-state index in [9.17, 15) is 4.79 Å². The SMILES string of the molecule is CCC(Br)C(C)OC1(OC)CCC(CC(=O)OCCOCCOCCOCCO)C1C. The number of esters is 1. The molecule has 1 saturated carbocycles. The minimum atomic E-state index is -0.655. The molecule has 1 rings (SSSR count). The summed E-state index contributed by atoms with van der Waals surface area (Å²) in [5.74, 6) is -0.613. The van der Waals surface area contributed by atoms with Gasteiger partial charge >= 0.3 is 5.97 Å². The highest BCUT2D eigenvalue weighted by Gasteiger charge is 2.49. The molecule has 0 aromatic rings. The van der Waals surface area contributed by atoms with E-state index < -0.39 is 5.79 Å². The minimum Gasteiger partial charge on any atom is -0.463 e. The van der Waals surface area contributed by atoms with Crippen molar-refractivity contribution in [3.05, 3.63) is 0 Å². The Hall–Kier alpha value is -0.290. The lowest BCUT2D eigenvalue weighted by Gasteiger charge is -2.37. The number of carbonyl (C=O) groups is 1. The van der Waals surface area contributed by atoms with Gasteiger partial charge in [0.25, 0.3) is 0 Å². The molecule has 1 N–H and O–H groups in total. The standard InChI is InChI=1S/C22H41BrO8/c1-5-20(23)18(3)31-22(26-4)7-6-19(17(22)2)16-21(25)30-15-14-29-13-12-28-11-10-27-9-8-24/h17-20,24H,5-16H2,1-4H3. The van der Waals surface area contributed by atoms with Gasteiger partial charge in [0.15, 0.2) is 5.79 Å². The molecule has 9 heteroatoms. The van der Waals surface area contributed by atoms with Crippen LogP contribution in [0.1, 0.15) is 46.5 Å². The smallest absolute Gasteiger partial charge is 0.306 e. The Kier molecular flexibility index (Phi) is 15.2. The summed E-state index contributed by atoms with van der Waals surface area (Å²) in [5, 5.41) is 8.58. The first-order valence-corrected chi connectivity index (χ1v) is 12.2. The molecule has 1 aliphatic rings. The normalized spacial score (nSPS) is 25.5. The van der Waals surface area contributed by atoms with Crippen molar-refractivity contribution < 1.29 is 38.3 Å². The van der Waals surface area contributed by atoms with Gasteiger partial charge in [-0.15, -0.1) is 0 Å². The van der Waals surface area contributed by atoms with Gasteiger partial charge in [0, 0.05) is 30.7 Å². The molecular weight excluding hydrogens is 472 g/mol. The van der Waals surface area contributed by atoms with Gasteiger partial charge < -0.3 is 33.5 Å². The van der Waals surface area contributed by atoms with Crippen LogP contribution in [0, 0.1) is 11.8 Å². The minimum absolute atomic E-state index is 0.0122. The van der Waals surface area contributed by atoms with E-state index in [0.717, 1.165) is 19.3 Å². The van der Waals surface area contributed by atoms with Crippen molar-refractivity contribution >= 4 is 21.9 Å². The zero-order valence-electron chi connectivity index (χ0n) is 19.5. The summed E-state index contributed by atoms with van der Waals surface area (Å²) in [6, 6.07) is 0. The first-order valence-electron chi connectivity index (χ1n) is 11.3. The van der Waals surface area contributed by atoms with Crippen LogP contribution >= 0.6 is 15.9 Å². The number of aliphatic hydroxyl groups is 1. The molecule has 0 aromatic heterocycles. The molecule has 0 bridgehead atoms. The summed E-state index contributed by atoms with van der Waals surface area (Å²) in [5.41, 5.74) is 0. The second-order valence-corrected chi connectivity index (χ2v) is 9.01. The number of halogens is 1. The van der Waals surface area contributed by atoms with Crippen LogP contribution < -0.4 is 0 Å². The average molecular weight is 513 g/mol. The summed E-state index contributed by atoms with van der Waals surface area (Å²) < 4.78 is 33.3. The Morgan fingerprint density at radius 2 is 1.68 bits per heavy atom. The molecule has 1 fully saturated rings. The molecule has 1 aliphatic carbocycles. The lowest BCUT2D eigenvalue weighted by Crippen LogP contribution is -2.43. The summed E-state index contributed by atoms with van der Waals surface area (Å²) in [6.45, 7) is 8.92. The highest BCUT2D eigenvalue weighted by molar-refractivity contribution is 9.09. The zero-order valence-corrected chi connectivity index (χ0v) is 21.1. The number of alkyl halides is 1. The van der Waals surface area contributed by atoms with E-state index in [1.165, 1.54) is 0 Å². The van der Waals surface area contributed by atoms with E-state index in [4.69, 9.17) is 33.5 Å². The van der Waals surface area contributed by atoms with Gasteiger partial charge in [-0.3, -0.25) is 4.79 Å². The molecule has 0 aliphatic heterocycles. The number of hydrogen-bond donors (Lipinski definition) is 1. The maximum atomic E-state index is 12.3. The Bertz CT molecular complexity index is 480. The first kappa shape index (κ1) is 28.7. The van der Waals surface area contributed by atoms with Crippen molar-refractivity contribution in [2.75, 3.05) is 60.0 Å². The van der Waals surface area contributed by atoms with Gasteiger partial charge in [-0.05, 0) is 25.7 Å². The van der Waals surface area contributed by atoms with Gasteiger partial charge in [-0.1, -0.05) is 29.8 Å². The van der Waals surface area contributed by atoms with Crippen molar-refractivity contribution in [3.8, 4) is 0 Å². The van der Waals surface area contributed by atoms with Crippen LogP contribution in [0.4, 0.5) is 0 Å². The highest BCUT2D eigenvalue weighted by Crippen LogP contribution is 2.46. The van der Waals surface area contributed by atoms with Crippen LogP contribution in [-0.2, 0) is 33.2 Å². The van der Waals surface area contributed by atoms with Crippen molar-refractivity contribution in [1.29, 1.82) is 0 Å². The van der Waals surface area contributed by atoms with Gasteiger partial charge in [0.1, 0.15) is 6.61 Å². The lowest BCUT2D eigenvalue weighted by molar-refractivity contribution is -0.262. The third-order valence-corrected chi connectivity index (χ3v) is 7.19. The fourth-order valence-corrected chi connectivity index (χ4v) is 3.93. The second-order valence-electron chi connectivity index (χ2n) is 7.84. The molecule has 8 nitrogen and oxygen atoms in total. The molecular formula is C22H41BrO8. The molecule has 0 heterocycles. The molecule has 5 unspecified atom stereocenters. The highest BCUT2D eigenvalue weighted by atomic mass is 79.9. The molecule has 5 atom stereocenters. The van der Waals surface area contributed by atoms with Gasteiger partial charge in [-0.25, -0.2) is 0 Å². The van der Waals surface area contributed by atoms with Gasteiger partial charge in [0.2, 0.25) is 0 Å². The largest absolute Gasteiger partial charge is 0.463 e. The van der Waals surface area contributed by atoms with E-state index in [-0.39, 0.29) is 42.0 Å². The second kappa shape index (κ2) is 16.3. The molecule has 0 saturated heterocycles. The summed E-state index contributed by atoms with van der Waals surface area (Å²) in [4.78, 5) is 12.5. The fraction of sp³-hybridized carbons (Fsp3) is 0.955. The Morgan fingerprint density at radius 1 is 1.10 bits per heavy atom. The van der Waals surface area contributed by atoms with Crippen molar-refractivity contribution in [2.24, 2.45) is 11.8 Å². The van der Waals surface area contributed by atoms with E-state index in [1.54, 1.807) is 7.11 Å². The molecule has 31 heavy (non-hydrogen) atoms. The first-order chi connectivity index (χ1) is 14.9. The fourth-order valence-electron chi connectivity index (χ4n) is 3.82. The van der Waals surface area contributed by atoms with Crippen LogP contribution in [0.5, 0.6) is 0 Å². The molecule has 0 aromatic carbocycles. The molecule has 184 valence electrons. The van der Waals surface area contributed by atoms with E-state index in [0.29, 0.717) is 46.1 Å². The van der Waals surface area contributed by atoms with Crippen LogP contribution in [-0.4, -0.2) is 87.8 Å². The van der Waals surface area contributed by atoms with Crippen molar-refractivity contribution in [3.63, 3.8) is 0 Å². The molecule has 0 amide bonds. The maximum Gasteiger partial charge on any atom is 0.306 e. The van der Waals surface area contributed by atoms with Gasteiger partial charge in [-0.2, -0.15) is 0 Å². The number of rotatable bonds is 18. The van der Waals surface area contributed by atoms with Crippen LogP contribution in [0.2, 0.25) is 0 Å². The number of aliphatic hydroxyl groups excluding tert-OH is 1. The lowest BCUT2D eigenvalue weighted by atomic mass is 9.92. The Balaban J connectivity index is 2.20. The van der Waals surface area contributed by atoms with Crippen LogP contribution in [0.25, 0.3) is 0 Å². The predicted octanol–water partition coefficient (Wildman–Crippen LogP) is 2.93.